The Morgan fingerprint density at radius 2 is 1.92 bits per heavy atom. The summed E-state index contributed by atoms with van der Waals surface area (Å²) in [7, 11) is 0. The highest BCUT2D eigenvalue weighted by Crippen LogP contribution is 2.28. The minimum Gasteiger partial charge on any atom is -0.397 e. The van der Waals surface area contributed by atoms with Crippen LogP contribution >= 0.6 is 11.6 Å². The standard InChI is InChI=1S/C9H8ClN3/c10-6-3-4-13-9-5(6)1-2-7(11)8(9)12/h1-4H,11-12H2. The molecule has 2 rings (SSSR count). The van der Waals surface area contributed by atoms with Crippen molar-refractivity contribution < 1.29 is 0 Å². The molecule has 0 saturated carbocycles. The molecule has 0 amide bonds. The highest BCUT2D eigenvalue weighted by atomic mass is 35.5. The van der Waals surface area contributed by atoms with Crippen molar-refractivity contribution in [1.82, 2.24) is 4.98 Å². The van der Waals surface area contributed by atoms with E-state index in [9.17, 15) is 0 Å². The lowest BCUT2D eigenvalue weighted by Crippen LogP contribution is -1.96. The summed E-state index contributed by atoms with van der Waals surface area (Å²) in [5, 5.41) is 1.47. The SMILES string of the molecule is Nc1ccc2c(Cl)ccnc2c1N. The summed E-state index contributed by atoms with van der Waals surface area (Å²) < 4.78 is 0. The molecule has 0 atom stereocenters. The second-order valence-electron chi connectivity index (χ2n) is 2.76. The smallest absolute Gasteiger partial charge is 0.0967 e. The van der Waals surface area contributed by atoms with Crippen molar-refractivity contribution in [3.8, 4) is 0 Å². The molecule has 0 aliphatic carbocycles. The van der Waals surface area contributed by atoms with E-state index in [0.717, 1.165) is 5.39 Å². The topological polar surface area (TPSA) is 64.9 Å². The Bertz CT molecular complexity index is 468. The highest BCUT2D eigenvalue weighted by Gasteiger charge is 2.04. The van der Waals surface area contributed by atoms with Crippen LogP contribution in [0.25, 0.3) is 10.9 Å². The van der Waals surface area contributed by atoms with Crippen LogP contribution in [0.2, 0.25) is 5.02 Å². The molecule has 1 aromatic carbocycles. The molecule has 0 spiro atoms. The lowest BCUT2D eigenvalue weighted by molar-refractivity contribution is 1.41. The molecule has 0 radical (unpaired) electrons. The van der Waals surface area contributed by atoms with Gasteiger partial charge in [0, 0.05) is 11.6 Å². The average molecular weight is 194 g/mol. The maximum Gasteiger partial charge on any atom is 0.0967 e. The van der Waals surface area contributed by atoms with E-state index >= 15 is 0 Å². The normalized spacial score (nSPS) is 10.5. The molecule has 1 heterocycles. The van der Waals surface area contributed by atoms with Crippen molar-refractivity contribution in [3.05, 3.63) is 29.4 Å². The third kappa shape index (κ3) is 1.17. The largest absolute Gasteiger partial charge is 0.397 e. The first kappa shape index (κ1) is 8.13. The van der Waals surface area contributed by atoms with Crippen molar-refractivity contribution >= 4 is 33.9 Å². The van der Waals surface area contributed by atoms with Crippen molar-refractivity contribution in [2.24, 2.45) is 0 Å². The first-order valence-corrected chi connectivity index (χ1v) is 4.16. The van der Waals surface area contributed by atoms with E-state index < -0.39 is 0 Å². The van der Waals surface area contributed by atoms with Gasteiger partial charge in [-0.1, -0.05) is 11.6 Å². The molecule has 0 aliphatic heterocycles. The lowest BCUT2D eigenvalue weighted by atomic mass is 10.1. The Morgan fingerprint density at radius 3 is 2.69 bits per heavy atom. The summed E-state index contributed by atoms with van der Waals surface area (Å²) in [6, 6.07) is 5.26. The predicted octanol–water partition coefficient (Wildman–Crippen LogP) is 2.05. The van der Waals surface area contributed by atoms with Crippen LogP contribution in [0.1, 0.15) is 0 Å². The van der Waals surface area contributed by atoms with Crippen LogP contribution < -0.4 is 11.5 Å². The van der Waals surface area contributed by atoms with Gasteiger partial charge >= 0.3 is 0 Å². The Balaban J connectivity index is 2.94. The van der Waals surface area contributed by atoms with Crippen molar-refractivity contribution in [3.63, 3.8) is 0 Å². The van der Waals surface area contributed by atoms with E-state index in [1.54, 1.807) is 18.3 Å². The van der Waals surface area contributed by atoms with Gasteiger partial charge < -0.3 is 11.5 Å². The maximum atomic E-state index is 5.94. The highest BCUT2D eigenvalue weighted by molar-refractivity contribution is 6.35. The summed E-state index contributed by atoms with van der Waals surface area (Å²) >= 11 is 5.94. The molecule has 0 aliphatic rings. The predicted molar refractivity (Wildman–Crippen MR) is 55.6 cm³/mol. The fourth-order valence-corrected chi connectivity index (χ4v) is 1.43. The maximum absolute atomic E-state index is 5.94. The molecule has 0 unspecified atom stereocenters. The summed E-state index contributed by atoms with van der Waals surface area (Å²) in [6.45, 7) is 0. The third-order valence-electron chi connectivity index (χ3n) is 1.93. The Labute approximate surface area is 80.3 Å². The van der Waals surface area contributed by atoms with Gasteiger partial charge in [0.2, 0.25) is 0 Å². The van der Waals surface area contributed by atoms with Crippen LogP contribution in [0.15, 0.2) is 24.4 Å². The molecule has 1 aromatic heterocycles. The Hall–Kier alpha value is -1.48. The van der Waals surface area contributed by atoms with E-state index in [0.29, 0.717) is 21.9 Å². The third-order valence-corrected chi connectivity index (χ3v) is 2.26. The van der Waals surface area contributed by atoms with Gasteiger partial charge in [-0.05, 0) is 18.2 Å². The minimum absolute atomic E-state index is 0.486. The average Bonchev–Trinajstić information content (AvgIpc) is 2.12. The number of rotatable bonds is 0. The first-order valence-electron chi connectivity index (χ1n) is 3.78. The van der Waals surface area contributed by atoms with Crippen LogP contribution in [0.3, 0.4) is 0 Å². The number of nitrogen functional groups attached to an aromatic ring is 2. The molecular formula is C9H8ClN3. The number of nitrogens with zero attached hydrogens (tertiary/aromatic N) is 1. The number of hydrogen-bond acceptors (Lipinski definition) is 3. The van der Waals surface area contributed by atoms with Crippen LogP contribution in [-0.2, 0) is 0 Å². The fraction of sp³-hybridized carbons (Fsp3) is 0. The van der Waals surface area contributed by atoms with Crippen molar-refractivity contribution in [1.29, 1.82) is 0 Å². The summed E-state index contributed by atoms with van der Waals surface area (Å²) in [6.07, 6.45) is 1.61. The number of nitrogens with two attached hydrogens (primary N) is 2. The zero-order valence-corrected chi connectivity index (χ0v) is 7.55. The minimum atomic E-state index is 0.486. The molecule has 3 nitrogen and oxygen atoms in total. The monoisotopic (exact) mass is 193 g/mol. The van der Waals surface area contributed by atoms with Gasteiger partial charge in [-0.15, -0.1) is 0 Å². The number of anilines is 2. The summed E-state index contributed by atoms with van der Waals surface area (Å²) in [5.41, 5.74) is 13.0. The number of benzene rings is 1. The van der Waals surface area contributed by atoms with Crippen molar-refractivity contribution in [2.45, 2.75) is 0 Å². The number of fused-ring (bicyclic) bond motifs is 1. The lowest BCUT2D eigenvalue weighted by Gasteiger charge is -2.04. The van der Waals surface area contributed by atoms with E-state index in [4.69, 9.17) is 23.1 Å². The van der Waals surface area contributed by atoms with E-state index in [1.165, 1.54) is 0 Å². The van der Waals surface area contributed by atoms with Gasteiger partial charge in [0.15, 0.2) is 0 Å². The zero-order valence-electron chi connectivity index (χ0n) is 6.79. The second kappa shape index (κ2) is 2.78. The zero-order chi connectivity index (χ0) is 9.42. The van der Waals surface area contributed by atoms with Crippen molar-refractivity contribution in [2.75, 3.05) is 11.5 Å². The van der Waals surface area contributed by atoms with Crippen LogP contribution in [-0.4, -0.2) is 4.98 Å². The van der Waals surface area contributed by atoms with Crippen LogP contribution in [0.4, 0.5) is 11.4 Å². The molecule has 0 fully saturated rings. The molecule has 2 aromatic rings. The van der Waals surface area contributed by atoms with E-state index in [2.05, 4.69) is 4.98 Å². The Morgan fingerprint density at radius 1 is 1.15 bits per heavy atom. The molecule has 13 heavy (non-hydrogen) atoms. The van der Waals surface area contributed by atoms with Gasteiger partial charge in [-0.2, -0.15) is 0 Å². The van der Waals surface area contributed by atoms with E-state index in [-0.39, 0.29) is 0 Å². The summed E-state index contributed by atoms with van der Waals surface area (Å²) in [5.74, 6) is 0. The number of hydrogen-bond donors (Lipinski definition) is 2. The molecular weight excluding hydrogens is 186 g/mol. The number of aromatic nitrogens is 1. The molecule has 0 saturated heterocycles. The molecule has 4 N–H and O–H groups in total. The Kier molecular flexibility index (Phi) is 1.74. The second-order valence-corrected chi connectivity index (χ2v) is 3.16. The molecule has 66 valence electrons. The van der Waals surface area contributed by atoms with Gasteiger partial charge in [0.05, 0.1) is 21.9 Å². The van der Waals surface area contributed by atoms with Gasteiger partial charge in [-0.3, -0.25) is 4.98 Å². The molecule has 0 bridgehead atoms. The van der Waals surface area contributed by atoms with Crippen LogP contribution in [0.5, 0.6) is 0 Å². The van der Waals surface area contributed by atoms with Gasteiger partial charge in [0.1, 0.15) is 0 Å². The fourth-order valence-electron chi connectivity index (χ4n) is 1.22. The van der Waals surface area contributed by atoms with Gasteiger partial charge in [0.25, 0.3) is 0 Å². The first-order chi connectivity index (χ1) is 6.20. The number of halogens is 1. The van der Waals surface area contributed by atoms with Crippen LogP contribution in [0, 0.1) is 0 Å². The quantitative estimate of drug-likeness (QED) is 0.630. The number of pyridine rings is 1. The van der Waals surface area contributed by atoms with E-state index in [1.807, 2.05) is 6.07 Å². The summed E-state index contributed by atoms with van der Waals surface area (Å²) in [4.78, 5) is 4.11. The van der Waals surface area contributed by atoms with Gasteiger partial charge in [-0.25, -0.2) is 0 Å². The molecule has 4 heteroatoms.